The number of rotatable bonds is 5. The average molecular weight is 340 g/mol. The van der Waals surface area contributed by atoms with Crippen LogP contribution in [0.3, 0.4) is 0 Å². The van der Waals surface area contributed by atoms with Crippen molar-refractivity contribution in [2.45, 2.75) is 19.9 Å². The molecule has 106 valence electrons. The normalized spacial score (nSPS) is 10.8. The Bertz CT molecular complexity index is 599. The SMILES string of the molecule is CCCNCc1cc(-c2cccc(Br)c2F)ccc1F. The second-order valence-electron chi connectivity index (χ2n) is 4.58. The fourth-order valence-corrected chi connectivity index (χ4v) is 2.37. The Morgan fingerprint density at radius 1 is 1.15 bits per heavy atom. The van der Waals surface area contributed by atoms with Crippen molar-refractivity contribution in [3.05, 3.63) is 58.1 Å². The van der Waals surface area contributed by atoms with Gasteiger partial charge in [0.2, 0.25) is 0 Å². The van der Waals surface area contributed by atoms with Gasteiger partial charge in [0.05, 0.1) is 4.47 Å². The first-order valence-corrected chi connectivity index (χ1v) is 7.36. The van der Waals surface area contributed by atoms with Gasteiger partial charge >= 0.3 is 0 Å². The van der Waals surface area contributed by atoms with Crippen molar-refractivity contribution >= 4 is 15.9 Å². The van der Waals surface area contributed by atoms with E-state index in [2.05, 4.69) is 28.2 Å². The lowest BCUT2D eigenvalue weighted by Crippen LogP contribution is -2.14. The van der Waals surface area contributed by atoms with Crippen LogP contribution in [0.25, 0.3) is 11.1 Å². The molecule has 0 radical (unpaired) electrons. The first-order valence-electron chi connectivity index (χ1n) is 6.57. The molecular formula is C16H16BrF2N. The van der Waals surface area contributed by atoms with Crippen molar-refractivity contribution in [3.63, 3.8) is 0 Å². The van der Waals surface area contributed by atoms with Crippen molar-refractivity contribution < 1.29 is 8.78 Å². The van der Waals surface area contributed by atoms with E-state index in [1.807, 2.05) is 0 Å². The zero-order valence-corrected chi connectivity index (χ0v) is 12.8. The predicted molar refractivity (Wildman–Crippen MR) is 81.5 cm³/mol. The summed E-state index contributed by atoms with van der Waals surface area (Å²) in [5, 5.41) is 3.15. The minimum Gasteiger partial charge on any atom is -0.313 e. The molecule has 1 nitrogen and oxygen atoms in total. The summed E-state index contributed by atoms with van der Waals surface area (Å²) < 4.78 is 28.2. The molecule has 0 aliphatic rings. The van der Waals surface area contributed by atoms with Crippen LogP contribution in [0.2, 0.25) is 0 Å². The van der Waals surface area contributed by atoms with E-state index in [-0.39, 0.29) is 11.6 Å². The number of halogens is 3. The van der Waals surface area contributed by atoms with Crippen LogP contribution in [0.1, 0.15) is 18.9 Å². The molecule has 0 saturated carbocycles. The number of hydrogen-bond donors (Lipinski definition) is 1. The Morgan fingerprint density at radius 2 is 1.95 bits per heavy atom. The standard InChI is InChI=1S/C16H16BrF2N/c1-2-8-20-10-12-9-11(6-7-15(12)18)13-4-3-5-14(17)16(13)19/h3-7,9,20H,2,8,10H2,1H3. The molecule has 0 aliphatic carbocycles. The van der Waals surface area contributed by atoms with E-state index in [0.29, 0.717) is 27.7 Å². The van der Waals surface area contributed by atoms with Crippen molar-refractivity contribution in [1.82, 2.24) is 5.32 Å². The van der Waals surface area contributed by atoms with Gasteiger partial charge in [-0.05, 0) is 52.7 Å². The summed E-state index contributed by atoms with van der Waals surface area (Å²) in [6.07, 6.45) is 0.988. The van der Waals surface area contributed by atoms with Crippen LogP contribution in [0, 0.1) is 11.6 Å². The second-order valence-corrected chi connectivity index (χ2v) is 5.44. The fraction of sp³-hybridized carbons (Fsp3) is 0.250. The van der Waals surface area contributed by atoms with E-state index in [1.54, 1.807) is 30.3 Å². The summed E-state index contributed by atoms with van der Waals surface area (Å²) in [5.74, 6) is -0.598. The zero-order valence-electron chi connectivity index (χ0n) is 11.2. The molecular weight excluding hydrogens is 324 g/mol. The van der Waals surface area contributed by atoms with Gasteiger partial charge in [-0.25, -0.2) is 8.78 Å². The van der Waals surface area contributed by atoms with E-state index in [1.165, 1.54) is 6.07 Å². The molecule has 2 rings (SSSR count). The lowest BCUT2D eigenvalue weighted by molar-refractivity contribution is 0.586. The van der Waals surface area contributed by atoms with E-state index in [0.717, 1.165) is 13.0 Å². The van der Waals surface area contributed by atoms with Crippen molar-refractivity contribution in [2.24, 2.45) is 0 Å². The van der Waals surface area contributed by atoms with E-state index in [9.17, 15) is 8.78 Å². The Labute approximate surface area is 126 Å². The molecule has 0 unspecified atom stereocenters. The van der Waals surface area contributed by atoms with Crippen molar-refractivity contribution in [2.75, 3.05) is 6.54 Å². The summed E-state index contributed by atoms with van der Waals surface area (Å²) in [6, 6.07) is 9.79. The maximum atomic E-state index is 14.1. The van der Waals surface area contributed by atoms with Gasteiger partial charge in [0.15, 0.2) is 0 Å². The average Bonchev–Trinajstić information content (AvgIpc) is 2.44. The highest BCUT2D eigenvalue weighted by Gasteiger charge is 2.10. The third-order valence-electron chi connectivity index (χ3n) is 3.05. The largest absolute Gasteiger partial charge is 0.313 e. The Balaban J connectivity index is 2.33. The van der Waals surface area contributed by atoms with Crippen LogP contribution >= 0.6 is 15.9 Å². The first-order chi connectivity index (χ1) is 9.63. The highest BCUT2D eigenvalue weighted by Crippen LogP contribution is 2.29. The lowest BCUT2D eigenvalue weighted by atomic mass is 10.0. The van der Waals surface area contributed by atoms with Gasteiger partial charge in [0, 0.05) is 17.7 Å². The van der Waals surface area contributed by atoms with Gasteiger partial charge in [-0.15, -0.1) is 0 Å². The van der Waals surface area contributed by atoms with Gasteiger partial charge in [0.25, 0.3) is 0 Å². The smallest absolute Gasteiger partial charge is 0.145 e. The summed E-state index contributed by atoms with van der Waals surface area (Å²) >= 11 is 3.17. The number of hydrogen-bond acceptors (Lipinski definition) is 1. The number of benzene rings is 2. The van der Waals surface area contributed by atoms with Gasteiger partial charge < -0.3 is 5.32 Å². The summed E-state index contributed by atoms with van der Waals surface area (Å²) in [4.78, 5) is 0. The van der Waals surface area contributed by atoms with Crippen molar-refractivity contribution in [3.8, 4) is 11.1 Å². The Hall–Kier alpha value is -1.26. The highest BCUT2D eigenvalue weighted by atomic mass is 79.9. The quantitative estimate of drug-likeness (QED) is 0.764. The molecule has 0 aliphatic heterocycles. The van der Waals surface area contributed by atoms with Crippen LogP contribution < -0.4 is 5.32 Å². The zero-order chi connectivity index (χ0) is 14.5. The molecule has 0 atom stereocenters. The fourth-order valence-electron chi connectivity index (χ4n) is 2.00. The molecule has 0 spiro atoms. The van der Waals surface area contributed by atoms with E-state index < -0.39 is 0 Å². The van der Waals surface area contributed by atoms with E-state index >= 15 is 0 Å². The third-order valence-corrected chi connectivity index (χ3v) is 3.66. The summed E-state index contributed by atoms with van der Waals surface area (Å²) in [7, 11) is 0. The number of nitrogens with one attached hydrogen (secondary N) is 1. The molecule has 1 N–H and O–H groups in total. The minimum absolute atomic E-state index is 0.271. The first kappa shape index (κ1) is 15.1. The van der Waals surface area contributed by atoms with Gasteiger partial charge in [-0.3, -0.25) is 0 Å². The third kappa shape index (κ3) is 3.44. The molecule has 0 aromatic heterocycles. The van der Waals surface area contributed by atoms with Crippen LogP contribution in [-0.2, 0) is 6.54 Å². The predicted octanol–water partition coefficient (Wildman–Crippen LogP) is 4.89. The minimum atomic E-state index is -0.327. The van der Waals surface area contributed by atoms with E-state index in [4.69, 9.17) is 0 Å². The molecule has 0 fully saturated rings. The second kappa shape index (κ2) is 6.95. The molecule has 0 heterocycles. The molecule has 0 bridgehead atoms. The molecule has 20 heavy (non-hydrogen) atoms. The highest BCUT2D eigenvalue weighted by molar-refractivity contribution is 9.10. The molecule has 0 amide bonds. The molecule has 0 saturated heterocycles. The van der Waals surface area contributed by atoms with Gasteiger partial charge in [-0.2, -0.15) is 0 Å². The topological polar surface area (TPSA) is 12.0 Å². The van der Waals surface area contributed by atoms with Crippen LogP contribution in [-0.4, -0.2) is 6.54 Å². The molecule has 4 heteroatoms. The van der Waals surface area contributed by atoms with Gasteiger partial charge in [-0.1, -0.05) is 25.1 Å². The Kier molecular flexibility index (Phi) is 5.26. The van der Waals surface area contributed by atoms with Crippen LogP contribution in [0.15, 0.2) is 40.9 Å². The Morgan fingerprint density at radius 3 is 2.70 bits per heavy atom. The molecule has 2 aromatic rings. The summed E-state index contributed by atoms with van der Waals surface area (Å²) in [5.41, 5.74) is 1.70. The van der Waals surface area contributed by atoms with Crippen LogP contribution in [0.4, 0.5) is 8.78 Å². The summed E-state index contributed by atoms with van der Waals surface area (Å²) in [6.45, 7) is 3.33. The van der Waals surface area contributed by atoms with Crippen LogP contribution in [0.5, 0.6) is 0 Å². The maximum absolute atomic E-state index is 14.1. The lowest BCUT2D eigenvalue weighted by Gasteiger charge is -2.09. The monoisotopic (exact) mass is 339 g/mol. The maximum Gasteiger partial charge on any atom is 0.145 e. The molecule has 2 aromatic carbocycles. The van der Waals surface area contributed by atoms with Crippen molar-refractivity contribution in [1.29, 1.82) is 0 Å². The van der Waals surface area contributed by atoms with Gasteiger partial charge in [0.1, 0.15) is 11.6 Å².